The lowest BCUT2D eigenvalue weighted by Crippen LogP contribution is -3.12. The molecule has 1 fully saturated rings. The number of non-ortho nitro benzene ring substituents is 2. The zero-order valence-corrected chi connectivity index (χ0v) is 14.0. The van der Waals surface area contributed by atoms with E-state index in [9.17, 15) is 29.8 Å². The van der Waals surface area contributed by atoms with Gasteiger partial charge in [-0.1, -0.05) is 0 Å². The number of quaternary nitrogens is 1. The number of benzene rings is 1. The predicted molar refractivity (Wildman–Crippen MR) is 89.4 cm³/mol. The Bertz CT molecular complexity index is 684. The first-order chi connectivity index (χ1) is 12.4. The van der Waals surface area contributed by atoms with Crippen molar-refractivity contribution in [3.05, 3.63) is 44.0 Å². The number of nitrogens with zero attached hydrogens (tertiary/aromatic N) is 2. The normalized spacial score (nSPS) is 14.5. The fourth-order valence-corrected chi connectivity index (χ4v) is 2.79. The second-order valence-electron chi connectivity index (χ2n) is 6.07. The van der Waals surface area contributed by atoms with Gasteiger partial charge in [-0.25, -0.2) is 0 Å². The number of nitro groups is 2. The van der Waals surface area contributed by atoms with Gasteiger partial charge in [-0.3, -0.25) is 40.7 Å². The quantitative estimate of drug-likeness (QED) is 0.466. The first kappa shape index (κ1) is 19.2. The van der Waals surface area contributed by atoms with Crippen LogP contribution in [0.25, 0.3) is 0 Å². The van der Waals surface area contributed by atoms with Crippen molar-refractivity contribution in [2.45, 2.75) is 25.7 Å². The second kappa shape index (κ2) is 8.85. The van der Waals surface area contributed by atoms with Gasteiger partial charge >= 0.3 is 0 Å². The number of hydrogen-bond acceptors (Lipinski definition) is 6. The Morgan fingerprint density at radius 3 is 2.08 bits per heavy atom. The van der Waals surface area contributed by atoms with Gasteiger partial charge in [-0.15, -0.1) is 0 Å². The molecule has 1 aromatic rings. The van der Waals surface area contributed by atoms with Crippen LogP contribution >= 0.6 is 0 Å². The number of carbonyl (C=O) groups excluding carboxylic acids is 2. The molecule has 0 radical (unpaired) electrons. The Morgan fingerprint density at radius 2 is 1.54 bits per heavy atom. The minimum Gasteiger partial charge on any atom is -0.335 e. The minimum absolute atomic E-state index is 0.227. The first-order valence-electron chi connectivity index (χ1n) is 8.23. The molecule has 11 nitrogen and oxygen atoms in total. The highest BCUT2D eigenvalue weighted by atomic mass is 16.6. The summed E-state index contributed by atoms with van der Waals surface area (Å²) in [6.07, 6.45) is 3.71. The Labute approximate surface area is 148 Å². The summed E-state index contributed by atoms with van der Waals surface area (Å²) in [5, 5.41) is 21.7. The maximum Gasteiger partial charge on any atom is 0.277 e. The molecule has 0 aliphatic carbocycles. The number of nitrogens with one attached hydrogen (secondary N) is 3. The standard InChI is InChI=1S/C15H19N5O6/c21-14(4-7-18-5-2-1-3-6-18)16-17-15(22)11-8-12(19(23)24)10-13(9-11)20(25)26/h8-10H,1-7H2,(H,16,21)(H,17,22)/p+1. The number of piperidine rings is 1. The van der Waals surface area contributed by atoms with Gasteiger partial charge in [0.1, 0.15) is 0 Å². The number of likely N-dealkylation sites (tertiary alicyclic amines) is 1. The van der Waals surface area contributed by atoms with Crippen molar-refractivity contribution in [1.82, 2.24) is 10.9 Å². The molecule has 0 atom stereocenters. The summed E-state index contributed by atoms with van der Waals surface area (Å²) < 4.78 is 0. The average Bonchev–Trinajstić information content (AvgIpc) is 2.64. The van der Waals surface area contributed by atoms with Crippen LogP contribution in [0.2, 0.25) is 0 Å². The molecule has 3 N–H and O–H groups in total. The Morgan fingerprint density at radius 1 is 0.962 bits per heavy atom. The van der Waals surface area contributed by atoms with E-state index in [4.69, 9.17) is 0 Å². The molecular weight excluding hydrogens is 346 g/mol. The van der Waals surface area contributed by atoms with Crippen molar-refractivity contribution < 1.29 is 24.3 Å². The van der Waals surface area contributed by atoms with Crippen molar-refractivity contribution in [3.8, 4) is 0 Å². The highest BCUT2D eigenvalue weighted by molar-refractivity contribution is 5.96. The molecule has 140 valence electrons. The Kier molecular flexibility index (Phi) is 6.55. The van der Waals surface area contributed by atoms with Crippen LogP contribution in [-0.2, 0) is 4.79 Å². The third-order valence-electron chi connectivity index (χ3n) is 4.17. The van der Waals surface area contributed by atoms with E-state index in [1.54, 1.807) is 0 Å². The molecule has 1 heterocycles. The third-order valence-corrected chi connectivity index (χ3v) is 4.17. The van der Waals surface area contributed by atoms with E-state index in [1.807, 2.05) is 0 Å². The molecule has 0 aromatic heterocycles. The Hall–Kier alpha value is -3.08. The van der Waals surface area contributed by atoms with Crippen LogP contribution in [-0.4, -0.2) is 41.3 Å². The van der Waals surface area contributed by atoms with E-state index in [2.05, 4.69) is 10.9 Å². The summed E-state index contributed by atoms with van der Waals surface area (Å²) >= 11 is 0. The molecule has 1 aliphatic heterocycles. The maximum atomic E-state index is 12.0. The van der Waals surface area contributed by atoms with Gasteiger partial charge in [0, 0.05) is 12.1 Å². The lowest BCUT2D eigenvalue weighted by atomic mass is 10.1. The fourth-order valence-electron chi connectivity index (χ4n) is 2.79. The monoisotopic (exact) mass is 366 g/mol. The van der Waals surface area contributed by atoms with Crippen molar-refractivity contribution in [1.29, 1.82) is 0 Å². The SMILES string of the molecule is O=C(CC[NH+]1CCCCC1)NNC(=O)c1cc([N+](=O)[O-])cc([N+](=O)[O-])c1. The maximum absolute atomic E-state index is 12.0. The molecule has 0 unspecified atom stereocenters. The van der Waals surface area contributed by atoms with Crippen LogP contribution in [0.15, 0.2) is 18.2 Å². The van der Waals surface area contributed by atoms with Crippen LogP contribution < -0.4 is 15.8 Å². The van der Waals surface area contributed by atoms with Crippen LogP contribution in [0.5, 0.6) is 0 Å². The summed E-state index contributed by atoms with van der Waals surface area (Å²) in [6.45, 7) is 2.71. The van der Waals surface area contributed by atoms with Crippen LogP contribution in [0.3, 0.4) is 0 Å². The summed E-state index contributed by atoms with van der Waals surface area (Å²) in [7, 11) is 0. The van der Waals surface area contributed by atoms with E-state index in [1.165, 1.54) is 11.3 Å². The van der Waals surface area contributed by atoms with Crippen LogP contribution in [0.1, 0.15) is 36.0 Å². The van der Waals surface area contributed by atoms with Gasteiger partial charge < -0.3 is 4.90 Å². The van der Waals surface area contributed by atoms with Crippen molar-refractivity contribution in [2.24, 2.45) is 0 Å². The van der Waals surface area contributed by atoms with E-state index in [0.29, 0.717) is 6.54 Å². The number of hydrogen-bond donors (Lipinski definition) is 3. The van der Waals surface area contributed by atoms with Crippen molar-refractivity contribution in [2.75, 3.05) is 19.6 Å². The Balaban J connectivity index is 1.91. The average molecular weight is 366 g/mol. The number of rotatable bonds is 6. The predicted octanol–water partition coefficient (Wildman–Crippen LogP) is -0.277. The largest absolute Gasteiger partial charge is 0.335 e. The fraction of sp³-hybridized carbons (Fsp3) is 0.467. The van der Waals surface area contributed by atoms with E-state index >= 15 is 0 Å². The number of amides is 2. The molecule has 1 aromatic carbocycles. The molecule has 1 saturated heterocycles. The highest BCUT2D eigenvalue weighted by Crippen LogP contribution is 2.22. The smallest absolute Gasteiger partial charge is 0.277 e. The molecule has 11 heteroatoms. The molecule has 0 saturated carbocycles. The number of hydrazine groups is 1. The van der Waals surface area contributed by atoms with E-state index in [0.717, 1.165) is 44.1 Å². The molecule has 1 aliphatic rings. The lowest BCUT2D eigenvalue weighted by Gasteiger charge is -2.23. The van der Waals surface area contributed by atoms with Crippen molar-refractivity contribution >= 4 is 23.2 Å². The summed E-state index contributed by atoms with van der Waals surface area (Å²) in [5.41, 5.74) is 2.91. The molecular formula is C15H20N5O6+. The summed E-state index contributed by atoms with van der Waals surface area (Å²) in [6, 6.07) is 2.58. The zero-order chi connectivity index (χ0) is 19.1. The molecule has 2 rings (SSSR count). The van der Waals surface area contributed by atoms with E-state index < -0.39 is 33.0 Å². The summed E-state index contributed by atoms with van der Waals surface area (Å²) in [5.74, 6) is -1.26. The minimum atomic E-state index is -0.865. The topological polar surface area (TPSA) is 149 Å². The third kappa shape index (κ3) is 5.48. The molecule has 2 amide bonds. The molecule has 0 spiro atoms. The van der Waals surface area contributed by atoms with Gasteiger partial charge in [0.15, 0.2) is 0 Å². The van der Waals surface area contributed by atoms with Gasteiger partial charge in [0.25, 0.3) is 17.3 Å². The van der Waals surface area contributed by atoms with Gasteiger partial charge in [0.05, 0.1) is 47.5 Å². The first-order valence-corrected chi connectivity index (χ1v) is 8.23. The highest BCUT2D eigenvalue weighted by Gasteiger charge is 2.20. The van der Waals surface area contributed by atoms with Gasteiger partial charge in [-0.2, -0.15) is 0 Å². The number of nitro benzene ring substituents is 2. The lowest BCUT2D eigenvalue weighted by molar-refractivity contribution is -0.904. The molecule has 26 heavy (non-hydrogen) atoms. The number of carbonyl (C=O) groups is 2. The molecule has 0 bridgehead atoms. The summed E-state index contributed by atoms with van der Waals surface area (Å²) in [4.78, 5) is 45.2. The van der Waals surface area contributed by atoms with Crippen LogP contribution in [0.4, 0.5) is 11.4 Å². The van der Waals surface area contributed by atoms with E-state index in [-0.39, 0.29) is 12.0 Å². The second-order valence-corrected chi connectivity index (χ2v) is 6.07. The van der Waals surface area contributed by atoms with Crippen molar-refractivity contribution in [3.63, 3.8) is 0 Å². The van der Waals surface area contributed by atoms with Gasteiger partial charge in [-0.05, 0) is 19.3 Å². The van der Waals surface area contributed by atoms with Gasteiger partial charge in [0.2, 0.25) is 5.91 Å². The van der Waals surface area contributed by atoms with Crippen LogP contribution in [0, 0.1) is 20.2 Å². The zero-order valence-electron chi connectivity index (χ0n) is 14.0.